The fourth-order valence-electron chi connectivity index (χ4n) is 0.878. The summed E-state index contributed by atoms with van der Waals surface area (Å²) in [5.74, 6) is 0. The lowest BCUT2D eigenvalue weighted by molar-refractivity contribution is 0.277. The second kappa shape index (κ2) is 3.20. The average molecular weight is 187 g/mol. The zero-order valence-corrected chi connectivity index (χ0v) is 7.37. The molecule has 0 amide bonds. The van der Waals surface area contributed by atoms with Crippen LogP contribution in [0.15, 0.2) is 23.4 Å². The van der Waals surface area contributed by atoms with E-state index in [-0.39, 0.29) is 11.6 Å². The van der Waals surface area contributed by atoms with Crippen LogP contribution in [0.4, 0.5) is 0 Å². The third kappa shape index (κ3) is 1.80. The lowest BCUT2D eigenvalue weighted by Crippen LogP contribution is -2.04. The molecule has 0 saturated heterocycles. The van der Waals surface area contributed by atoms with E-state index >= 15 is 0 Å². The van der Waals surface area contributed by atoms with E-state index in [0.717, 1.165) is 6.26 Å². The Kier molecular flexibility index (Phi) is 2.44. The van der Waals surface area contributed by atoms with Gasteiger partial charge in [0.15, 0.2) is 14.9 Å². The first-order valence-corrected chi connectivity index (χ1v) is 5.19. The Morgan fingerprint density at radius 2 is 2.25 bits per heavy atom. The van der Waals surface area contributed by atoms with Crippen molar-refractivity contribution in [3.05, 3.63) is 23.9 Å². The summed E-state index contributed by atoms with van der Waals surface area (Å²) in [4.78, 5) is 3.67. The van der Waals surface area contributed by atoms with Crippen molar-refractivity contribution >= 4 is 9.84 Å². The van der Waals surface area contributed by atoms with Crippen LogP contribution in [0, 0.1) is 0 Å². The predicted molar refractivity (Wildman–Crippen MR) is 43.3 cm³/mol. The minimum absolute atomic E-state index is 0.0486. The van der Waals surface area contributed by atoms with Gasteiger partial charge in [-0.3, -0.25) is 0 Å². The van der Waals surface area contributed by atoms with Crippen molar-refractivity contribution in [2.24, 2.45) is 0 Å². The van der Waals surface area contributed by atoms with Gasteiger partial charge in [-0.05, 0) is 6.07 Å². The molecular formula is C7H9NO3S. The Hall–Kier alpha value is -0.940. The van der Waals surface area contributed by atoms with Crippen LogP contribution in [0.5, 0.6) is 0 Å². The largest absolute Gasteiger partial charge is 0.392 e. The molecule has 0 aliphatic heterocycles. The Morgan fingerprint density at radius 1 is 1.58 bits per heavy atom. The average Bonchev–Trinajstić information content (AvgIpc) is 2.03. The van der Waals surface area contributed by atoms with Crippen LogP contribution in [0.3, 0.4) is 0 Å². The first-order valence-electron chi connectivity index (χ1n) is 3.30. The van der Waals surface area contributed by atoms with Gasteiger partial charge >= 0.3 is 0 Å². The van der Waals surface area contributed by atoms with Gasteiger partial charge in [0.05, 0.1) is 6.61 Å². The van der Waals surface area contributed by atoms with Gasteiger partial charge in [0.2, 0.25) is 0 Å². The van der Waals surface area contributed by atoms with E-state index in [9.17, 15) is 8.42 Å². The third-order valence-corrected chi connectivity index (χ3v) is 2.44. The molecular weight excluding hydrogens is 178 g/mol. The van der Waals surface area contributed by atoms with Crippen molar-refractivity contribution < 1.29 is 13.5 Å². The zero-order valence-electron chi connectivity index (χ0n) is 6.56. The second-order valence-corrected chi connectivity index (χ2v) is 4.33. The molecule has 0 aliphatic rings. The number of hydrogen-bond acceptors (Lipinski definition) is 4. The standard InChI is InChI=1S/C7H9NO3S/c1-12(10,11)7-6(5-9)3-2-4-8-7/h2-4,9H,5H2,1H3. The molecule has 0 unspecified atom stereocenters. The van der Waals surface area contributed by atoms with E-state index < -0.39 is 9.84 Å². The maximum absolute atomic E-state index is 11.0. The van der Waals surface area contributed by atoms with Gasteiger partial charge in [-0.1, -0.05) is 6.07 Å². The molecule has 0 aliphatic carbocycles. The van der Waals surface area contributed by atoms with Crippen LogP contribution < -0.4 is 0 Å². The van der Waals surface area contributed by atoms with E-state index in [4.69, 9.17) is 5.11 Å². The highest BCUT2D eigenvalue weighted by Crippen LogP contribution is 2.10. The van der Waals surface area contributed by atoms with Crippen molar-refractivity contribution in [3.63, 3.8) is 0 Å². The van der Waals surface area contributed by atoms with E-state index in [2.05, 4.69) is 4.98 Å². The van der Waals surface area contributed by atoms with Crippen LogP contribution in [0.25, 0.3) is 0 Å². The minimum atomic E-state index is -3.32. The molecule has 0 bridgehead atoms. The van der Waals surface area contributed by atoms with Gasteiger partial charge in [-0.25, -0.2) is 13.4 Å². The van der Waals surface area contributed by atoms with Gasteiger partial charge in [0, 0.05) is 18.0 Å². The molecule has 0 radical (unpaired) electrons. The molecule has 5 heteroatoms. The SMILES string of the molecule is CS(=O)(=O)c1ncccc1CO. The molecule has 12 heavy (non-hydrogen) atoms. The van der Waals surface area contributed by atoms with Crippen molar-refractivity contribution in [1.29, 1.82) is 0 Å². The molecule has 0 fully saturated rings. The van der Waals surface area contributed by atoms with Gasteiger partial charge in [0.1, 0.15) is 0 Å². The molecule has 0 spiro atoms. The molecule has 1 N–H and O–H groups in total. The van der Waals surface area contributed by atoms with Crippen molar-refractivity contribution in [2.45, 2.75) is 11.6 Å². The Labute approximate surface area is 70.8 Å². The Morgan fingerprint density at radius 3 is 2.67 bits per heavy atom. The fourth-order valence-corrected chi connectivity index (χ4v) is 1.74. The van der Waals surface area contributed by atoms with Gasteiger partial charge in [-0.2, -0.15) is 0 Å². The van der Waals surface area contributed by atoms with Gasteiger partial charge in [-0.15, -0.1) is 0 Å². The molecule has 1 rings (SSSR count). The first kappa shape index (κ1) is 9.15. The van der Waals surface area contributed by atoms with Crippen LogP contribution >= 0.6 is 0 Å². The van der Waals surface area contributed by atoms with E-state index in [0.29, 0.717) is 5.56 Å². The summed E-state index contributed by atoms with van der Waals surface area (Å²) in [6, 6.07) is 3.11. The maximum atomic E-state index is 11.0. The summed E-state index contributed by atoms with van der Waals surface area (Å²) in [7, 11) is -3.32. The molecule has 4 nitrogen and oxygen atoms in total. The molecule has 1 heterocycles. The molecule has 66 valence electrons. The summed E-state index contributed by atoms with van der Waals surface area (Å²) in [6.45, 7) is -0.309. The predicted octanol–water partition coefficient (Wildman–Crippen LogP) is -0.0226. The lowest BCUT2D eigenvalue weighted by atomic mass is 10.3. The van der Waals surface area contributed by atoms with E-state index in [1.54, 1.807) is 6.07 Å². The van der Waals surface area contributed by atoms with Crippen LogP contribution in [-0.2, 0) is 16.4 Å². The van der Waals surface area contributed by atoms with E-state index in [1.807, 2.05) is 0 Å². The van der Waals surface area contributed by atoms with Crippen molar-refractivity contribution in [2.75, 3.05) is 6.26 Å². The molecule has 0 aromatic carbocycles. The highest BCUT2D eigenvalue weighted by molar-refractivity contribution is 7.90. The Bertz CT molecular complexity index is 372. The molecule has 1 aromatic rings. The first-order chi connectivity index (χ1) is 5.55. The number of aromatic nitrogens is 1. The molecule has 0 atom stereocenters. The van der Waals surface area contributed by atoms with Crippen LogP contribution in [0.1, 0.15) is 5.56 Å². The fraction of sp³-hybridized carbons (Fsp3) is 0.286. The summed E-state index contributed by atoms with van der Waals surface area (Å²) >= 11 is 0. The number of pyridine rings is 1. The number of nitrogens with zero attached hydrogens (tertiary/aromatic N) is 1. The van der Waals surface area contributed by atoms with Crippen LogP contribution in [-0.4, -0.2) is 24.8 Å². The number of aliphatic hydroxyl groups is 1. The monoisotopic (exact) mass is 187 g/mol. The zero-order chi connectivity index (χ0) is 9.19. The summed E-state index contributed by atoms with van der Waals surface area (Å²) < 4.78 is 22.1. The van der Waals surface area contributed by atoms with E-state index in [1.165, 1.54) is 12.3 Å². The maximum Gasteiger partial charge on any atom is 0.193 e. The quantitative estimate of drug-likeness (QED) is 0.706. The smallest absolute Gasteiger partial charge is 0.193 e. The van der Waals surface area contributed by atoms with Gasteiger partial charge in [0.25, 0.3) is 0 Å². The highest BCUT2D eigenvalue weighted by Gasteiger charge is 2.12. The Balaban J connectivity index is 3.33. The number of aliphatic hydroxyl groups excluding tert-OH is 1. The number of hydrogen-bond donors (Lipinski definition) is 1. The molecule has 0 saturated carbocycles. The minimum Gasteiger partial charge on any atom is -0.392 e. The summed E-state index contributed by atoms with van der Waals surface area (Å²) in [6.07, 6.45) is 2.45. The number of rotatable bonds is 2. The normalized spacial score (nSPS) is 11.5. The third-order valence-electron chi connectivity index (χ3n) is 1.37. The number of sulfone groups is 1. The summed E-state index contributed by atoms with van der Waals surface area (Å²) in [5, 5.41) is 8.73. The van der Waals surface area contributed by atoms with Gasteiger partial charge < -0.3 is 5.11 Å². The lowest BCUT2D eigenvalue weighted by Gasteiger charge is -2.01. The van der Waals surface area contributed by atoms with Crippen molar-refractivity contribution in [3.8, 4) is 0 Å². The summed E-state index contributed by atoms with van der Waals surface area (Å²) in [5.41, 5.74) is 0.333. The molecule has 1 aromatic heterocycles. The highest BCUT2D eigenvalue weighted by atomic mass is 32.2. The topological polar surface area (TPSA) is 67.3 Å². The van der Waals surface area contributed by atoms with Crippen LogP contribution in [0.2, 0.25) is 0 Å². The van der Waals surface area contributed by atoms with Crippen molar-refractivity contribution in [1.82, 2.24) is 4.98 Å². The second-order valence-electron chi connectivity index (χ2n) is 2.40.